The second-order valence-electron chi connectivity index (χ2n) is 20.6. The fourth-order valence-corrected chi connectivity index (χ4v) is 14.2. The summed E-state index contributed by atoms with van der Waals surface area (Å²) in [5, 5.41) is 3.25. The summed E-state index contributed by atoms with van der Waals surface area (Å²) in [4.78, 5) is 15.0. The molecule has 6 rings (SSSR count). The standard InChI is InChI=1S/C63H77IO10Si2/c1-46(60(48(3)40-64)74-76(55-21-15-12-16-22-55,56-23-17-13-18-24-56)57-25-19-14-20-26-57)39-47(2)62(65)73-59(44-69-41-49-27-33-52(66-7)34-28-49)61(71-43-51-31-37-54(68-9)38-32-51)58(45-72-75(10,11)63(4,5)6)70-42-50-29-35-53(67-8)36-30-50/h12-40,46,58-61H,41-45H2,1-11H3/b47-39+,48-40+/t46-,58-,59-,60-,61+/m1/s1. The van der Waals surface area contributed by atoms with Crippen LogP contribution in [0.4, 0.5) is 0 Å². The maximum absolute atomic E-state index is 15.0. The smallest absolute Gasteiger partial charge is 0.333 e. The molecule has 0 radical (unpaired) electrons. The normalized spacial score (nSPS) is 14.5. The second kappa shape index (κ2) is 28.8. The first-order valence-electron chi connectivity index (χ1n) is 25.9. The van der Waals surface area contributed by atoms with E-state index in [-0.39, 0.29) is 44.0 Å². The molecule has 10 nitrogen and oxygen atoms in total. The Kier molecular flexibility index (Phi) is 22.7. The van der Waals surface area contributed by atoms with Crippen LogP contribution < -0.4 is 29.8 Å². The number of rotatable bonds is 28. The molecule has 5 atom stereocenters. The maximum Gasteiger partial charge on any atom is 0.333 e. The Balaban J connectivity index is 1.40. The summed E-state index contributed by atoms with van der Waals surface area (Å²) in [6, 6.07) is 54.8. The van der Waals surface area contributed by atoms with Crippen LogP contribution in [0.3, 0.4) is 0 Å². The van der Waals surface area contributed by atoms with E-state index in [1.165, 1.54) is 0 Å². The number of hydrogen-bond donors (Lipinski definition) is 0. The van der Waals surface area contributed by atoms with Gasteiger partial charge >= 0.3 is 5.97 Å². The van der Waals surface area contributed by atoms with Gasteiger partial charge in [-0.2, -0.15) is 0 Å². The van der Waals surface area contributed by atoms with Crippen LogP contribution in [0.5, 0.6) is 17.2 Å². The summed E-state index contributed by atoms with van der Waals surface area (Å²) >= 11 is 2.29. The molecule has 0 aliphatic rings. The molecule has 6 aromatic rings. The van der Waals surface area contributed by atoms with Crippen molar-refractivity contribution >= 4 is 60.8 Å². The van der Waals surface area contributed by atoms with Gasteiger partial charge in [0.15, 0.2) is 14.4 Å². The van der Waals surface area contributed by atoms with E-state index in [0.717, 1.165) is 55.1 Å². The lowest BCUT2D eigenvalue weighted by atomic mass is 9.97. The number of ether oxygens (including phenoxy) is 7. The van der Waals surface area contributed by atoms with Crippen LogP contribution in [0.2, 0.25) is 18.1 Å². The lowest BCUT2D eigenvalue weighted by Crippen LogP contribution is -2.70. The van der Waals surface area contributed by atoms with E-state index in [0.29, 0.717) is 5.57 Å². The summed E-state index contributed by atoms with van der Waals surface area (Å²) in [5.74, 6) is 1.40. The lowest BCUT2D eigenvalue weighted by molar-refractivity contribution is -0.182. The van der Waals surface area contributed by atoms with Crippen molar-refractivity contribution in [2.24, 2.45) is 5.92 Å². The molecular weight excluding hydrogens is 1100 g/mol. The third-order valence-corrected chi connectivity index (χ3v) is 23.6. The molecule has 0 spiro atoms. The lowest BCUT2D eigenvalue weighted by Gasteiger charge is -2.39. The minimum atomic E-state index is -3.19. The third-order valence-electron chi connectivity index (χ3n) is 14.1. The minimum Gasteiger partial charge on any atom is -0.497 e. The highest BCUT2D eigenvalue weighted by Crippen LogP contribution is 2.37. The highest BCUT2D eigenvalue weighted by molar-refractivity contribution is 14.1. The Morgan fingerprint density at radius 3 is 1.41 bits per heavy atom. The number of carbonyl (C=O) groups excluding carboxylic acids is 1. The predicted octanol–water partition coefficient (Wildman–Crippen LogP) is 12.3. The van der Waals surface area contributed by atoms with Gasteiger partial charge in [-0.1, -0.05) is 184 Å². The van der Waals surface area contributed by atoms with Gasteiger partial charge in [0.25, 0.3) is 8.32 Å². The van der Waals surface area contributed by atoms with Gasteiger partial charge in [-0.15, -0.1) is 0 Å². The Morgan fingerprint density at radius 2 is 1.00 bits per heavy atom. The van der Waals surface area contributed by atoms with Crippen LogP contribution in [0.15, 0.2) is 185 Å². The number of halogens is 1. The summed E-state index contributed by atoms with van der Waals surface area (Å²) in [5.41, 5.74) is 4.18. The number of benzene rings is 6. The molecule has 0 amide bonds. The first-order valence-corrected chi connectivity index (χ1v) is 31.9. The van der Waals surface area contributed by atoms with Gasteiger partial charge in [0.05, 0.1) is 60.5 Å². The van der Waals surface area contributed by atoms with Crippen molar-refractivity contribution in [2.75, 3.05) is 34.5 Å². The largest absolute Gasteiger partial charge is 0.497 e. The summed E-state index contributed by atoms with van der Waals surface area (Å²) in [6.07, 6.45) is -1.02. The van der Waals surface area contributed by atoms with Crippen LogP contribution in [0.25, 0.3) is 0 Å². The van der Waals surface area contributed by atoms with Gasteiger partial charge in [-0.3, -0.25) is 0 Å². The first kappa shape index (κ1) is 59.9. The van der Waals surface area contributed by atoms with E-state index in [1.807, 2.05) is 97.1 Å². The summed E-state index contributed by atoms with van der Waals surface area (Å²) in [7, 11) is -0.624. The van der Waals surface area contributed by atoms with Crippen molar-refractivity contribution in [1.82, 2.24) is 0 Å². The van der Waals surface area contributed by atoms with Crippen molar-refractivity contribution < 1.29 is 46.8 Å². The molecule has 0 aliphatic carbocycles. The SMILES string of the molecule is COc1ccc(COC[C@@H](OC(=O)/C(C)=C/[C@@H](C)[C@@H](O[Si](c2ccccc2)(c2ccccc2)c2ccccc2)/C(C)=C/I)[C@@H](OCc2ccc(OC)cc2)[C@@H](CO[Si](C)(C)C(C)(C)C)OCc2ccc(OC)cc2)cc1. The average molecular weight is 1180 g/mol. The van der Waals surface area contributed by atoms with Crippen molar-refractivity contribution in [3.63, 3.8) is 0 Å². The molecule has 0 aliphatic heterocycles. The van der Waals surface area contributed by atoms with Gasteiger partial charge in [0.1, 0.15) is 29.5 Å². The minimum absolute atomic E-state index is 0.0157. The van der Waals surface area contributed by atoms with Gasteiger partial charge in [0, 0.05) is 11.5 Å². The van der Waals surface area contributed by atoms with Crippen LogP contribution >= 0.6 is 22.6 Å². The van der Waals surface area contributed by atoms with E-state index in [1.54, 1.807) is 28.3 Å². The van der Waals surface area contributed by atoms with Crippen molar-refractivity contribution in [3.05, 3.63) is 202 Å². The molecule has 0 aromatic heterocycles. The zero-order valence-electron chi connectivity index (χ0n) is 46.1. The molecule has 0 unspecified atom stereocenters. The molecule has 13 heteroatoms. The van der Waals surface area contributed by atoms with Gasteiger partial charge < -0.3 is 42.0 Å². The maximum atomic E-state index is 15.0. The Hall–Kier alpha value is -5.37. The fraction of sp³-hybridized carbons (Fsp3) is 0.349. The van der Waals surface area contributed by atoms with E-state index in [2.05, 4.69) is 147 Å². The van der Waals surface area contributed by atoms with Crippen LogP contribution in [-0.2, 0) is 52.4 Å². The van der Waals surface area contributed by atoms with Crippen molar-refractivity contribution in [3.8, 4) is 17.2 Å². The Bertz CT molecular complexity index is 2630. The predicted molar refractivity (Wildman–Crippen MR) is 318 cm³/mol. The number of esters is 1. The monoisotopic (exact) mass is 1180 g/mol. The number of hydrogen-bond acceptors (Lipinski definition) is 10. The van der Waals surface area contributed by atoms with E-state index in [4.69, 9.17) is 42.0 Å². The van der Waals surface area contributed by atoms with Gasteiger partial charge in [0.2, 0.25) is 0 Å². The van der Waals surface area contributed by atoms with E-state index < -0.39 is 47.0 Å². The van der Waals surface area contributed by atoms with Gasteiger partial charge in [-0.25, -0.2) is 4.79 Å². The van der Waals surface area contributed by atoms with E-state index >= 15 is 4.79 Å². The zero-order chi connectivity index (χ0) is 54.7. The molecular formula is C63H77IO10Si2. The molecule has 0 saturated carbocycles. The highest BCUT2D eigenvalue weighted by atomic mass is 127. The number of carbonyl (C=O) groups is 1. The molecule has 404 valence electrons. The third kappa shape index (κ3) is 16.3. The topological polar surface area (TPSA) is 100 Å². The highest BCUT2D eigenvalue weighted by Gasteiger charge is 2.45. The fourth-order valence-electron chi connectivity index (χ4n) is 8.62. The first-order chi connectivity index (χ1) is 36.5. The molecule has 0 saturated heterocycles. The molecule has 0 N–H and O–H groups in total. The van der Waals surface area contributed by atoms with Gasteiger partial charge in [-0.05, 0) is 110 Å². The zero-order valence-corrected chi connectivity index (χ0v) is 50.3. The molecule has 0 bridgehead atoms. The molecule has 76 heavy (non-hydrogen) atoms. The van der Waals surface area contributed by atoms with Crippen LogP contribution in [0, 0.1) is 5.92 Å². The van der Waals surface area contributed by atoms with Crippen molar-refractivity contribution in [1.29, 1.82) is 0 Å². The quantitative estimate of drug-likeness (QED) is 0.0155. The van der Waals surface area contributed by atoms with Crippen LogP contribution in [0.1, 0.15) is 58.2 Å². The van der Waals surface area contributed by atoms with Crippen LogP contribution in [-0.4, -0.2) is 81.6 Å². The Morgan fingerprint density at radius 1 is 0.579 bits per heavy atom. The second-order valence-corrected chi connectivity index (χ2v) is 29.3. The number of methoxy groups -OCH3 is 3. The molecule has 0 fully saturated rings. The Labute approximate surface area is 468 Å². The van der Waals surface area contributed by atoms with E-state index in [9.17, 15) is 0 Å². The molecule has 0 heterocycles. The average Bonchev–Trinajstić information content (AvgIpc) is 3.44. The van der Waals surface area contributed by atoms with Crippen molar-refractivity contribution in [2.45, 2.75) is 104 Å². The summed E-state index contributed by atoms with van der Waals surface area (Å²) in [6.45, 7) is 17.8. The molecule has 6 aromatic carbocycles. The summed E-state index contributed by atoms with van der Waals surface area (Å²) < 4.78 is 60.3.